The molecule has 2 rings (SSSR count). The SMILES string of the molecule is CCN(C1CC1)[C@@H](C(=O)C(C)C)c1ccccc1. The first-order chi connectivity index (χ1) is 8.65. The molecule has 1 aliphatic rings. The Morgan fingerprint density at radius 3 is 2.33 bits per heavy atom. The maximum atomic E-state index is 12.5. The van der Waals surface area contributed by atoms with Crippen LogP contribution in [0.3, 0.4) is 0 Å². The molecule has 0 amide bonds. The van der Waals surface area contributed by atoms with Crippen LogP contribution in [0.15, 0.2) is 30.3 Å². The van der Waals surface area contributed by atoms with E-state index in [0.29, 0.717) is 11.8 Å². The largest absolute Gasteiger partial charge is 0.297 e. The zero-order valence-electron chi connectivity index (χ0n) is 11.6. The maximum Gasteiger partial charge on any atom is 0.157 e. The molecule has 98 valence electrons. The second-order valence-electron chi connectivity index (χ2n) is 5.43. The average Bonchev–Trinajstić information content (AvgIpc) is 3.20. The lowest BCUT2D eigenvalue weighted by atomic mass is 9.94. The van der Waals surface area contributed by atoms with Gasteiger partial charge in [0.15, 0.2) is 5.78 Å². The van der Waals surface area contributed by atoms with Crippen molar-refractivity contribution < 1.29 is 4.79 Å². The lowest BCUT2D eigenvalue weighted by Gasteiger charge is -2.31. The summed E-state index contributed by atoms with van der Waals surface area (Å²) in [4.78, 5) is 14.9. The van der Waals surface area contributed by atoms with Gasteiger partial charge in [-0.3, -0.25) is 9.69 Å². The second kappa shape index (κ2) is 5.66. The topological polar surface area (TPSA) is 20.3 Å². The maximum absolute atomic E-state index is 12.5. The summed E-state index contributed by atoms with van der Waals surface area (Å²) in [5.41, 5.74) is 1.14. The summed E-state index contributed by atoms with van der Waals surface area (Å²) in [6.07, 6.45) is 2.48. The summed E-state index contributed by atoms with van der Waals surface area (Å²) < 4.78 is 0. The summed E-state index contributed by atoms with van der Waals surface area (Å²) in [7, 11) is 0. The van der Waals surface area contributed by atoms with Crippen molar-refractivity contribution in [2.75, 3.05) is 6.54 Å². The van der Waals surface area contributed by atoms with Gasteiger partial charge in [-0.25, -0.2) is 0 Å². The van der Waals surface area contributed by atoms with Gasteiger partial charge in [0.2, 0.25) is 0 Å². The number of hydrogen-bond acceptors (Lipinski definition) is 2. The number of likely N-dealkylation sites (N-methyl/N-ethyl adjacent to an activating group) is 1. The first-order valence-electron chi connectivity index (χ1n) is 6.99. The molecule has 2 heteroatoms. The Kier molecular flexibility index (Phi) is 4.18. The van der Waals surface area contributed by atoms with E-state index in [1.54, 1.807) is 0 Å². The first kappa shape index (κ1) is 13.3. The highest BCUT2D eigenvalue weighted by Gasteiger charge is 2.37. The van der Waals surface area contributed by atoms with Crippen molar-refractivity contribution in [1.29, 1.82) is 0 Å². The lowest BCUT2D eigenvalue weighted by Crippen LogP contribution is -2.37. The Balaban J connectivity index is 2.30. The summed E-state index contributed by atoms with van der Waals surface area (Å²) >= 11 is 0. The van der Waals surface area contributed by atoms with Gasteiger partial charge in [-0.05, 0) is 24.9 Å². The normalized spacial score (nSPS) is 17.2. The highest BCUT2D eigenvalue weighted by molar-refractivity contribution is 5.87. The van der Waals surface area contributed by atoms with Crippen molar-refractivity contribution in [2.45, 2.75) is 45.7 Å². The molecule has 0 unspecified atom stereocenters. The van der Waals surface area contributed by atoms with Gasteiger partial charge >= 0.3 is 0 Å². The highest BCUT2D eigenvalue weighted by atomic mass is 16.1. The van der Waals surface area contributed by atoms with Crippen molar-refractivity contribution >= 4 is 5.78 Å². The Morgan fingerprint density at radius 2 is 1.89 bits per heavy atom. The van der Waals surface area contributed by atoms with Gasteiger partial charge in [-0.2, -0.15) is 0 Å². The molecule has 1 saturated carbocycles. The molecule has 0 aliphatic heterocycles. The zero-order chi connectivity index (χ0) is 13.1. The molecule has 0 bridgehead atoms. The number of hydrogen-bond donors (Lipinski definition) is 0. The van der Waals surface area contributed by atoms with Crippen molar-refractivity contribution in [2.24, 2.45) is 5.92 Å². The Morgan fingerprint density at radius 1 is 1.28 bits per heavy atom. The Labute approximate surface area is 110 Å². The molecule has 0 spiro atoms. The monoisotopic (exact) mass is 245 g/mol. The van der Waals surface area contributed by atoms with Crippen LogP contribution in [-0.2, 0) is 4.79 Å². The van der Waals surface area contributed by atoms with E-state index in [-0.39, 0.29) is 12.0 Å². The molecule has 1 atom stereocenters. The molecule has 0 aromatic heterocycles. The molecular formula is C16H23NO. The molecule has 1 fully saturated rings. The van der Waals surface area contributed by atoms with Crippen LogP contribution >= 0.6 is 0 Å². The predicted octanol–water partition coefficient (Wildman–Crippen LogP) is 3.44. The number of ketones is 1. The van der Waals surface area contributed by atoms with Crippen LogP contribution in [0.2, 0.25) is 0 Å². The summed E-state index contributed by atoms with van der Waals surface area (Å²) in [5, 5.41) is 0. The number of rotatable bonds is 6. The Hall–Kier alpha value is -1.15. The minimum absolute atomic E-state index is 0.0521. The molecule has 0 heterocycles. The van der Waals surface area contributed by atoms with Crippen LogP contribution in [0.4, 0.5) is 0 Å². The first-order valence-corrected chi connectivity index (χ1v) is 6.99. The lowest BCUT2D eigenvalue weighted by molar-refractivity contribution is -0.127. The fourth-order valence-electron chi connectivity index (χ4n) is 2.53. The fourth-order valence-corrected chi connectivity index (χ4v) is 2.53. The van der Waals surface area contributed by atoms with E-state index >= 15 is 0 Å². The number of carbonyl (C=O) groups excluding carboxylic acids is 1. The molecule has 1 aromatic rings. The van der Waals surface area contributed by atoms with Crippen molar-refractivity contribution in [3.63, 3.8) is 0 Å². The van der Waals surface area contributed by atoms with Crippen LogP contribution in [0, 0.1) is 5.92 Å². The third-order valence-electron chi connectivity index (χ3n) is 3.67. The van der Waals surface area contributed by atoms with Gasteiger partial charge in [0.25, 0.3) is 0 Å². The molecular weight excluding hydrogens is 222 g/mol. The third-order valence-corrected chi connectivity index (χ3v) is 3.67. The van der Waals surface area contributed by atoms with Crippen LogP contribution in [0.1, 0.15) is 45.2 Å². The number of benzene rings is 1. The van der Waals surface area contributed by atoms with E-state index in [9.17, 15) is 4.79 Å². The van der Waals surface area contributed by atoms with Gasteiger partial charge in [-0.1, -0.05) is 51.1 Å². The van der Waals surface area contributed by atoms with Gasteiger partial charge in [0.1, 0.15) is 0 Å². The molecule has 0 saturated heterocycles. The summed E-state index contributed by atoms with van der Waals surface area (Å²) in [6, 6.07) is 10.8. The van der Waals surface area contributed by atoms with Crippen molar-refractivity contribution in [3.05, 3.63) is 35.9 Å². The van der Waals surface area contributed by atoms with Crippen molar-refractivity contribution in [1.82, 2.24) is 4.90 Å². The number of carbonyl (C=O) groups is 1. The standard InChI is InChI=1S/C16H23NO/c1-4-17(14-10-11-14)15(16(18)12(2)3)13-8-6-5-7-9-13/h5-9,12,14-15H,4,10-11H2,1-3H3/t15-/m1/s1. The van der Waals surface area contributed by atoms with Crippen LogP contribution in [0.25, 0.3) is 0 Å². The van der Waals surface area contributed by atoms with E-state index in [1.165, 1.54) is 12.8 Å². The molecule has 0 N–H and O–H groups in total. The Bertz CT molecular complexity index is 395. The average molecular weight is 245 g/mol. The second-order valence-corrected chi connectivity index (χ2v) is 5.43. The van der Waals surface area contributed by atoms with E-state index < -0.39 is 0 Å². The van der Waals surface area contributed by atoms with Crippen LogP contribution in [0.5, 0.6) is 0 Å². The number of nitrogens with zero attached hydrogens (tertiary/aromatic N) is 1. The molecule has 2 nitrogen and oxygen atoms in total. The molecule has 18 heavy (non-hydrogen) atoms. The minimum Gasteiger partial charge on any atom is -0.297 e. The molecule has 1 aromatic carbocycles. The van der Waals surface area contributed by atoms with E-state index in [1.807, 2.05) is 32.0 Å². The zero-order valence-corrected chi connectivity index (χ0v) is 11.6. The fraction of sp³-hybridized carbons (Fsp3) is 0.562. The summed E-state index contributed by atoms with van der Waals surface area (Å²) in [5.74, 6) is 0.429. The van der Waals surface area contributed by atoms with Crippen LogP contribution < -0.4 is 0 Å². The highest BCUT2D eigenvalue weighted by Crippen LogP contribution is 2.35. The van der Waals surface area contributed by atoms with E-state index in [0.717, 1.165) is 12.1 Å². The summed E-state index contributed by atoms with van der Waals surface area (Å²) in [6.45, 7) is 7.10. The smallest absolute Gasteiger partial charge is 0.157 e. The van der Waals surface area contributed by atoms with E-state index in [4.69, 9.17) is 0 Å². The predicted molar refractivity (Wildman–Crippen MR) is 74.4 cm³/mol. The van der Waals surface area contributed by atoms with Gasteiger partial charge in [0, 0.05) is 12.0 Å². The van der Waals surface area contributed by atoms with Gasteiger partial charge in [0.05, 0.1) is 6.04 Å². The quantitative estimate of drug-likeness (QED) is 0.765. The van der Waals surface area contributed by atoms with Crippen molar-refractivity contribution in [3.8, 4) is 0 Å². The third kappa shape index (κ3) is 2.81. The number of Topliss-reactive ketones (excluding diaryl/α,β-unsaturated/α-hetero) is 1. The van der Waals surface area contributed by atoms with Gasteiger partial charge < -0.3 is 0 Å². The van der Waals surface area contributed by atoms with Gasteiger partial charge in [-0.15, -0.1) is 0 Å². The minimum atomic E-state index is -0.0521. The van der Waals surface area contributed by atoms with Crippen LogP contribution in [-0.4, -0.2) is 23.3 Å². The molecule has 0 radical (unpaired) electrons. The molecule has 1 aliphatic carbocycles. The van der Waals surface area contributed by atoms with E-state index in [2.05, 4.69) is 24.0 Å².